The number of likely N-dealkylation sites (tertiary alicyclic amines) is 1. The fraction of sp³-hybridized carbons (Fsp3) is 0.438. The van der Waals surface area contributed by atoms with E-state index in [1.165, 1.54) is 17.8 Å². The SMILES string of the molecule is C[C@H](Sc1nnc(Cc2ccccc2F)o1)C(=O)N1CCCC1. The van der Waals surface area contributed by atoms with E-state index >= 15 is 0 Å². The van der Waals surface area contributed by atoms with Gasteiger partial charge in [-0.2, -0.15) is 0 Å². The molecule has 2 aromatic rings. The number of hydrogen-bond donors (Lipinski definition) is 0. The van der Waals surface area contributed by atoms with Crippen LogP contribution in [0.1, 0.15) is 31.2 Å². The van der Waals surface area contributed by atoms with Gasteiger partial charge in [0, 0.05) is 13.1 Å². The van der Waals surface area contributed by atoms with Crippen molar-refractivity contribution in [2.24, 2.45) is 0 Å². The highest BCUT2D eigenvalue weighted by atomic mass is 32.2. The zero-order valence-corrected chi connectivity index (χ0v) is 13.7. The minimum absolute atomic E-state index is 0.0985. The monoisotopic (exact) mass is 335 g/mol. The van der Waals surface area contributed by atoms with Crippen molar-refractivity contribution >= 4 is 17.7 Å². The molecule has 5 nitrogen and oxygen atoms in total. The Morgan fingerprint density at radius 2 is 2.09 bits per heavy atom. The smallest absolute Gasteiger partial charge is 0.277 e. The van der Waals surface area contributed by atoms with Crippen LogP contribution in [0.4, 0.5) is 4.39 Å². The number of benzene rings is 1. The Kier molecular flexibility index (Phi) is 4.95. The molecule has 0 aliphatic carbocycles. The van der Waals surface area contributed by atoms with Crippen molar-refractivity contribution < 1.29 is 13.6 Å². The Hall–Kier alpha value is -1.89. The van der Waals surface area contributed by atoms with Gasteiger partial charge in [0.15, 0.2) is 0 Å². The van der Waals surface area contributed by atoms with E-state index in [0.29, 0.717) is 16.7 Å². The summed E-state index contributed by atoms with van der Waals surface area (Å²) in [5.41, 5.74) is 0.508. The summed E-state index contributed by atoms with van der Waals surface area (Å²) in [5, 5.41) is 7.95. The van der Waals surface area contributed by atoms with Crippen LogP contribution in [-0.4, -0.2) is 39.3 Å². The molecule has 1 aromatic heterocycles. The highest BCUT2D eigenvalue weighted by molar-refractivity contribution is 8.00. The van der Waals surface area contributed by atoms with Gasteiger partial charge in [0.25, 0.3) is 5.22 Å². The summed E-state index contributed by atoms with van der Waals surface area (Å²) in [4.78, 5) is 14.1. The third-order valence-electron chi connectivity index (χ3n) is 3.79. The zero-order valence-electron chi connectivity index (χ0n) is 12.9. The predicted molar refractivity (Wildman–Crippen MR) is 84.6 cm³/mol. The number of aromatic nitrogens is 2. The lowest BCUT2D eigenvalue weighted by Crippen LogP contribution is -2.34. The average Bonchev–Trinajstić information content (AvgIpc) is 3.21. The summed E-state index contributed by atoms with van der Waals surface area (Å²) in [6.07, 6.45) is 2.38. The summed E-state index contributed by atoms with van der Waals surface area (Å²) in [6, 6.07) is 6.49. The molecule has 0 unspecified atom stereocenters. The van der Waals surface area contributed by atoms with E-state index in [2.05, 4.69) is 10.2 Å². The first kappa shape index (κ1) is 16.0. The molecule has 1 saturated heterocycles. The van der Waals surface area contributed by atoms with Gasteiger partial charge in [-0.15, -0.1) is 10.2 Å². The maximum Gasteiger partial charge on any atom is 0.277 e. The highest BCUT2D eigenvalue weighted by Gasteiger charge is 2.25. The minimum Gasteiger partial charge on any atom is -0.416 e. The van der Waals surface area contributed by atoms with Gasteiger partial charge in [-0.05, 0) is 31.4 Å². The lowest BCUT2D eigenvalue weighted by atomic mass is 10.1. The second-order valence-corrected chi connectivity index (χ2v) is 6.81. The van der Waals surface area contributed by atoms with E-state index in [1.54, 1.807) is 18.2 Å². The number of carbonyl (C=O) groups excluding carboxylic acids is 1. The topological polar surface area (TPSA) is 59.2 Å². The Morgan fingerprint density at radius 1 is 1.35 bits per heavy atom. The first-order valence-electron chi connectivity index (χ1n) is 7.64. The molecule has 2 heterocycles. The Balaban J connectivity index is 1.60. The molecule has 0 bridgehead atoms. The highest BCUT2D eigenvalue weighted by Crippen LogP contribution is 2.25. The maximum atomic E-state index is 13.6. The van der Waals surface area contributed by atoms with E-state index < -0.39 is 0 Å². The van der Waals surface area contributed by atoms with E-state index in [0.717, 1.165) is 25.9 Å². The van der Waals surface area contributed by atoms with Crippen molar-refractivity contribution in [1.82, 2.24) is 15.1 Å². The van der Waals surface area contributed by atoms with Crippen LogP contribution in [0.25, 0.3) is 0 Å². The number of amides is 1. The van der Waals surface area contributed by atoms with Gasteiger partial charge >= 0.3 is 0 Å². The van der Waals surface area contributed by atoms with E-state index in [4.69, 9.17) is 4.42 Å². The molecule has 7 heteroatoms. The molecule has 1 atom stereocenters. The summed E-state index contributed by atoms with van der Waals surface area (Å²) in [6.45, 7) is 3.49. The van der Waals surface area contributed by atoms with Gasteiger partial charge < -0.3 is 9.32 Å². The van der Waals surface area contributed by atoms with Gasteiger partial charge in [-0.1, -0.05) is 30.0 Å². The Labute approximate surface area is 138 Å². The molecule has 1 aromatic carbocycles. The van der Waals surface area contributed by atoms with Crippen LogP contribution in [0.3, 0.4) is 0 Å². The predicted octanol–water partition coefficient (Wildman–Crippen LogP) is 2.90. The van der Waals surface area contributed by atoms with Gasteiger partial charge in [0.1, 0.15) is 5.82 Å². The Morgan fingerprint density at radius 3 is 2.83 bits per heavy atom. The van der Waals surface area contributed by atoms with E-state index in [-0.39, 0.29) is 23.4 Å². The minimum atomic E-state index is -0.294. The molecule has 23 heavy (non-hydrogen) atoms. The van der Waals surface area contributed by atoms with Crippen LogP contribution in [-0.2, 0) is 11.2 Å². The molecule has 1 aliphatic rings. The van der Waals surface area contributed by atoms with Crippen molar-refractivity contribution in [3.05, 3.63) is 41.5 Å². The molecule has 1 aliphatic heterocycles. The number of thioether (sulfide) groups is 1. The summed E-state index contributed by atoms with van der Waals surface area (Å²) in [7, 11) is 0. The van der Waals surface area contributed by atoms with Gasteiger partial charge in [0.05, 0.1) is 11.7 Å². The first-order chi connectivity index (χ1) is 11.1. The standard InChI is InChI=1S/C16H18FN3O2S/c1-11(15(21)20-8-4-5-9-20)23-16-19-18-14(22-16)10-12-6-2-3-7-13(12)17/h2-3,6-7,11H,4-5,8-10H2,1H3/t11-/m0/s1. The van der Waals surface area contributed by atoms with Crippen LogP contribution < -0.4 is 0 Å². The third kappa shape index (κ3) is 3.90. The van der Waals surface area contributed by atoms with Gasteiger partial charge in [0.2, 0.25) is 11.8 Å². The summed E-state index contributed by atoms with van der Waals surface area (Å²) in [5.74, 6) is 0.150. The number of carbonyl (C=O) groups is 1. The van der Waals surface area contributed by atoms with Crippen LogP contribution in [0.15, 0.2) is 33.9 Å². The van der Waals surface area contributed by atoms with Gasteiger partial charge in [-0.25, -0.2) is 4.39 Å². The zero-order chi connectivity index (χ0) is 16.2. The molecular weight excluding hydrogens is 317 g/mol. The molecule has 0 N–H and O–H groups in total. The molecule has 0 saturated carbocycles. The second-order valence-electron chi connectivity index (χ2n) is 5.52. The lowest BCUT2D eigenvalue weighted by Gasteiger charge is -2.18. The second kappa shape index (κ2) is 7.12. The number of halogens is 1. The Bertz CT molecular complexity index is 685. The van der Waals surface area contributed by atoms with Crippen molar-refractivity contribution in [3.63, 3.8) is 0 Å². The lowest BCUT2D eigenvalue weighted by molar-refractivity contribution is -0.129. The van der Waals surface area contributed by atoms with Crippen molar-refractivity contribution in [2.45, 2.75) is 36.7 Å². The van der Waals surface area contributed by atoms with Crippen LogP contribution in [0.5, 0.6) is 0 Å². The molecule has 0 spiro atoms. The maximum absolute atomic E-state index is 13.6. The number of hydrogen-bond acceptors (Lipinski definition) is 5. The fourth-order valence-corrected chi connectivity index (χ4v) is 3.34. The number of rotatable bonds is 5. The molecule has 1 fully saturated rings. The average molecular weight is 335 g/mol. The number of nitrogens with zero attached hydrogens (tertiary/aromatic N) is 3. The molecule has 3 rings (SSSR count). The van der Waals surface area contributed by atoms with Crippen LogP contribution in [0.2, 0.25) is 0 Å². The normalized spacial score (nSPS) is 15.8. The van der Waals surface area contributed by atoms with E-state index in [1.807, 2.05) is 11.8 Å². The van der Waals surface area contributed by atoms with Crippen LogP contribution >= 0.6 is 11.8 Å². The fourth-order valence-electron chi connectivity index (χ4n) is 2.56. The first-order valence-corrected chi connectivity index (χ1v) is 8.52. The van der Waals surface area contributed by atoms with Crippen LogP contribution in [0, 0.1) is 5.82 Å². The largest absolute Gasteiger partial charge is 0.416 e. The van der Waals surface area contributed by atoms with E-state index in [9.17, 15) is 9.18 Å². The molecule has 1 amide bonds. The summed E-state index contributed by atoms with van der Waals surface area (Å²) < 4.78 is 19.2. The van der Waals surface area contributed by atoms with Gasteiger partial charge in [-0.3, -0.25) is 4.79 Å². The van der Waals surface area contributed by atoms with Crippen molar-refractivity contribution in [1.29, 1.82) is 0 Å². The third-order valence-corrected chi connectivity index (χ3v) is 4.71. The van der Waals surface area contributed by atoms with Crippen molar-refractivity contribution in [2.75, 3.05) is 13.1 Å². The molecule has 0 radical (unpaired) electrons. The van der Waals surface area contributed by atoms with Crippen molar-refractivity contribution in [3.8, 4) is 0 Å². The summed E-state index contributed by atoms with van der Waals surface area (Å²) >= 11 is 1.25. The molecule has 122 valence electrons. The quantitative estimate of drug-likeness (QED) is 0.786. The molecular formula is C16H18FN3O2S.